The number of carbonyl (C=O) groups excluding carboxylic acids is 1. The molecule has 8 heteroatoms. The number of halogens is 4. The summed E-state index contributed by atoms with van der Waals surface area (Å²) >= 11 is 3.26. The molecule has 1 aromatic rings. The maximum Gasteiger partial charge on any atom is 0.411 e. The Bertz CT molecular complexity index is 522. The molecule has 4 nitrogen and oxygen atoms in total. The number of hydrogen-bond acceptors (Lipinski definition) is 3. The molecule has 1 amide bonds. The van der Waals surface area contributed by atoms with Crippen molar-refractivity contribution in [3.8, 4) is 5.75 Å². The van der Waals surface area contributed by atoms with Crippen molar-refractivity contribution >= 4 is 21.8 Å². The number of hydrogen-bond donors (Lipinski definition) is 1. The third-order valence-electron chi connectivity index (χ3n) is 2.79. The van der Waals surface area contributed by atoms with Crippen LogP contribution in [0.4, 0.5) is 13.2 Å². The Morgan fingerprint density at radius 3 is 2.90 bits per heavy atom. The van der Waals surface area contributed by atoms with Gasteiger partial charge < -0.3 is 14.8 Å². The van der Waals surface area contributed by atoms with Crippen LogP contribution >= 0.6 is 15.9 Å². The van der Waals surface area contributed by atoms with E-state index in [-0.39, 0.29) is 12.5 Å². The number of fused-ring (bicyclic) bond motifs is 1. The van der Waals surface area contributed by atoms with Gasteiger partial charge in [-0.3, -0.25) is 4.79 Å². The largest absolute Gasteiger partial charge is 0.491 e. The van der Waals surface area contributed by atoms with Crippen LogP contribution in [0.1, 0.15) is 20.7 Å². The average molecular weight is 368 g/mol. The van der Waals surface area contributed by atoms with Crippen LogP contribution in [0.25, 0.3) is 0 Å². The maximum absolute atomic E-state index is 12.0. The Hall–Kier alpha value is -1.28. The van der Waals surface area contributed by atoms with Gasteiger partial charge in [0.2, 0.25) is 0 Å². The van der Waals surface area contributed by atoms with Crippen LogP contribution in [0.15, 0.2) is 18.2 Å². The van der Waals surface area contributed by atoms with E-state index in [9.17, 15) is 18.0 Å². The van der Waals surface area contributed by atoms with E-state index in [1.54, 1.807) is 18.2 Å². The molecule has 1 aliphatic rings. The first-order chi connectivity index (χ1) is 9.87. The minimum absolute atomic E-state index is 0.152. The zero-order valence-electron chi connectivity index (χ0n) is 10.9. The smallest absolute Gasteiger partial charge is 0.411 e. The van der Waals surface area contributed by atoms with Crippen LogP contribution in [-0.4, -0.2) is 38.4 Å². The van der Waals surface area contributed by atoms with Gasteiger partial charge in [-0.15, -0.1) is 0 Å². The fourth-order valence-electron chi connectivity index (χ4n) is 1.84. The summed E-state index contributed by atoms with van der Waals surface area (Å²) < 4.78 is 46.1. The summed E-state index contributed by atoms with van der Waals surface area (Å²) in [4.78, 5) is 11.4. The van der Waals surface area contributed by atoms with Gasteiger partial charge in [0.05, 0.1) is 23.5 Å². The Balaban J connectivity index is 2.05. The second-order valence-electron chi connectivity index (χ2n) is 4.46. The summed E-state index contributed by atoms with van der Waals surface area (Å²) in [7, 11) is 0. The van der Waals surface area contributed by atoms with Crippen molar-refractivity contribution in [3.63, 3.8) is 0 Å². The molecule has 21 heavy (non-hydrogen) atoms. The number of ether oxygens (including phenoxy) is 2. The Morgan fingerprint density at radius 1 is 1.43 bits per heavy atom. The van der Waals surface area contributed by atoms with Crippen molar-refractivity contribution < 1.29 is 27.4 Å². The highest BCUT2D eigenvalue weighted by molar-refractivity contribution is 9.09. The standard InChI is InChI=1S/C13H13BrF3NO3/c14-10(6-20-7-13(15,16)17)8-1-2-11-9(5-8)12(19)18-3-4-21-11/h1-2,5,10H,3-4,6-7H2,(H,18,19). The highest BCUT2D eigenvalue weighted by Gasteiger charge is 2.28. The average Bonchev–Trinajstić information content (AvgIpc) is 2.59. The molecule has 1 aromatic carbocycles. The van der Waals surface area contributed by atoms with Gasteiger partial charge >= 0.3 is 6.18 Å². The zero-order valence-corrected chi connectivity index (χ0v) is 12.5. The van der Waals surface area contributed by atoms with Gasteiger partial charge in [-0.25, -0.2) is 0 Å². The van der Waals surface area contributed by atoms with Gasteiger partial charge in [0, 0.05) is 0 Å². The Labute approximate surface area is 127 Å². The number of rotatable bonds is 4. The predicted molar refractivity (Wildman–Crippen MR) is 72.8 cm³/mol. The lowest BCUT2D eigenvalue weighted by Crippen LogP contribution is -2.24. The minimum atomic E-state index is -4.35. The molecule has 1 heterocycles. The van der Waals surface area contributed by atoms with E-state index >= 15 is 0 Å². The van der Waals surface area contributed by atoms with Crippen LogP contribution in [0.3, 0.4) is 0 Å². The molecule has 1 N–H and O–H groups in total. The molecule has 0 aliphatic carbocycles. The van der Waals surface area contributed by atoms with E-state index in [1.807, 2.05) is 0 Å². The number of benzene rings is 1. The van der Waals surface area contributed by atoms with Crippen molar-refractivity contribution in [2.24, 2.45) is 0 Å². The van der Waals surface area contributed by atoms with Gasteiger partial charge in [0.15, 0.2) is 0 Å². The summed E-state index contributed by atoms with van der Waals surface area (Å²) in [5.74, 6) is 0.199. The summed E-state index contributed by atoms with van der Waals surface area (Å²) in [6, 6.07) is 4.91. The van der Waals surface area contributed by atoms with Crippen LogP contribution < -0.4 is 10.1 Å². The fraction of sp³-hybridized carbons (Fsp3) is 0.462. The summed E-state index contributed by atoms with van der Waals surface area (Å²) in [6.07, 6.45) is -4.35. The first-order valence-electron chi connectivity index (χ1n) is 6.20. The molecule has 116 valence electrons. The lowest BCUT2D eigenvalue weighted by molar-refractivity contribution is -0.173. The second-order valence-corrected chi connectivity index (χ2v) is 5.56. The zero-order chi connectivity index (χ0) is 15.5. The monoisotopic (exact) mass is 367 g/mol. The number of alkyl halides is 4. The summed E-state index contributed by atoms with van der Waals surface area (Å²) in [6.45, 7) is -0.662. The molecule has 2 rings (SSSR count). The molecule has 0 saturated heterocycles. The molecule has 1 unspecified atom stereocenters. The van der Waals surface area contributed by atoms with Gasteiger partial charge in [0.25, 0.3) is 5.91 Å². The van der Waals surface area contributed by atoms with E-state index in [2.05, 4.69) is 26.0 Å². The summed E-state index contributed by atoms with van der Waals surface area (Å²) in [5, 5.41) is 2.67. The van der Waals surface area contributed by atoms with Gasteiger partial charge in [-0.2, -0.15) is 13.2 Å². The molecule has 1 atom stereocenters. The maximum atomic E-state index is 12.0. The van der Waals surface area contributed by atoms with Crippen LogP contribution in [0.2, 0.25) is 0 Å². The normalized spacial score (nSPS) is 16.5. The van der Waals surface area contributed by atoms with E-state index in [4.69, 9.17) is 4.74 Å². The third kappa shape index (κ3) is 4.60. The summed E-state index contributed by atoms with van der Waals surface area (Å²) in [5.41, 5.74) is 1.02. The fourth-order valence-corrected chi connectivity index (χ4v) is 2.31. The molecule has 0 saturated carbocycles. The molecule has 0 aromatic heterocycles. The predicted octanol–water partition coefficient (Wildman–Crippen LogP) is 2.82. The lowest BCUT2D eigenvalue weighted by Gasteiger charge is -2.14. The van der Waals surface area contributed by atoms with E-state index in [0.29, 0.717) is 30.0 Å². The lowest BCUT2D eigenvalue weighted by atomic mass is 10.1. The quantitative estimate of drug-likeness (QED) is 0.832. The molecule has 0 radical (unpaired) electrons. The highest BCUT2D eigenvalue weighted by Crippen LogP contribution is 2.29. The molecule has 0 bridgehead atoms. The number of amides is 1. The van der Waals surface area contributed by atoms with Crippen molar-refractivity contribution in [2.75, 3.05) is 26.4 Å². The Kier molecular flexibility index (Phi) is 5.10. The van der Waals surface area contributed by atoms with E-state index < -0.39 is 17.6 Å². The highest BCUT2D eigenvalue weighted by atomic mass is 79.9. The second kappa shape index (κ2) is 6.65. The SMILES string of the molecule is O=C1NCCOc2ccc(C(Br)COCC(F)(F)F)cc21. The molecular weight excluding hydrogens is 355 g/mol. The van der Waals surface area contributed by atoms with Crippen molar-refractivity contribution in [3.05, 3.63) is 29.3 Å². The number of carbonyl (C=O) groups is 1. The van der Waals surface area contributed by atoms with Crippen molar-refractivity contribution in [1.29, 1.82) is 0 Å². The van der Waals surface area contributed by atoms with Gasteiger partial charge in [0.1, 0.15) is 19.0 Å². The van der Waals surface area contributed by atoms with Crippen LogP contribution in [-0.2, 0) is 4.74 Å². The Morgan fingerprint density at radius 2 is 2.19 bits per heavy atom. The van der Waals surface area contributed by atoms with Crippen LogP contribution in [0, 0.1) is 0 Å². The van der Waals surface area contributed by atoms with Crippen molar-refractivity contribution in [1.82, 2.24) is 5.32 Å². The molecule has 0 fully saturated rings. The van der Waals surface area contributed by atoms with E-state index in [1.165, 1.54) is 0 Å². The first-order valence-corrected chi connectivity index (χ1v) is 7.12. The van der Waals surface area contributed by atoms with Crippen molar-refractivity contribution in [2.45, 2.75) is 11.0 Å². The van der Waals surface area contributed by atoms with Crippen LogP contribution in [0.5, 0.6) is 5.75 Å². The molecule has 1 aliphatic heterocycles. The first kappa shape index (κ1) is 16.1. The van der Waals surface area contributed by atoms with Gasteiger partial charge in [-0.05, 0) is 17.7 Å². The third-order valence-corrected chi connectivity index (χ3v) is 3.58. The molecule has 0 spiro atoms. The van der Waals surface area contributed by atoms with E-state index in [0.717, 1.165) is 0 Å². The topological polar surface area (TPSA) is 47.6 Å². The number of nitrogens with one attached hydrogen (secondary N) is 1. The molecular formula is C13H13BrF3NO3. The van der Waals surface area contributed by atoms with Gasteiger partial charge in [-0.1, -0.05) is 22.0 Å². The minimum Gasteiger partial charge on any atom is -0.491 e.